The Balaban J connectivity index is 2.47. The van der Waals surface area contributed by atoms with Crippen molar-refractivity contribution in [1.82, 2.24) is 0 Å². The molecule has 1 atom stereocenters. The zero-order chi connectivity index (χ0) is 11.3. The van der Waals surface area contributed by atoms with Gasteiger partial charge in [-0.25, -0.2) is 4.39 Å². The van der Waals surface area contributed by atoms with Crippen molar-refractivity contribution in [3.63, 3.8) is 0 Å². The first-order chi connectivity index (χ1) is 7.15. The Morgan fingerprint density at radius 2 is 2.27 bits per heavy atom. The van der Waals surface area contributed by atoms with Crippen LogP contribution in [0.4, 0.5) is 4.39 Å². The smallest absolute Gasteiger partial charge is 0.168 e. The van der Waals surface area contributed by atoms with Crippen LogP contribution in [-0.4, -0.2) is 19.8 Å². The van der Waals surface area contributed by atoms with Gasteiger partial charge in [-0.15, -0.1) is 0 Å². The number of benzene rings is 1. The summed E-state index contributed by atoms with van der Waals surface area (Å²) in [5.41, 5.74) is 0.479. The molecule has 1 unspecified atom stereocenters. The molecule has 0 saturated heterocycles. The van der Waals surface area contributed by atoms with Crippen LogP contribution >= 0.6 is 0 Å². The van der Waals surface area contributed by atoms with Crippen molar-refractivity contribution in [3.8, 4) is 5.75 Å². The van der Waals surface area contributed by atoms with Gasteiger partial charge in [0.25, 0.3) is 0 Å². The van der Waals surface area contributed by atoms with E-state index in [1.807, 2.05) is 6.92 Å². The molecule has 0 amide bonds. The number of hydrogen-bond donors (Lipinski definition) is 0. The van der Waals surface area contributed by atoms with Gasteiger partial charge in [0.2, 0.25) is 0 Å². The predicted octanol–water partition coefficient (Wildman–Crippen LogP) is 2.74. The highest BCUT2D eigenvalue weighted by Crippen LogP contribution is 2.19. The first-order valence-electron chi connectivity index (χ1n) is 4.97. The molecule has 0 aliphatic heterocycles. The molecular weight excluding hydrogens is 195 g/mol. The summed E-state index contributed by atoms with van der Waals surface area (Å²) in [6.45, 7) is 4.07. The minimum atomic E-state index is -0.331. The molecule has 0 fully saturated rings. The first kappa shape index (κ1) is 12.0. The van der Waals surface area contributed by atoms with E-state index in [2.05, 4.69) is 6.07 Å². The molecule has 0 bridgehead atoms. The van der Waals surface area contributed by atoms with Crippen LogP contribution in [0.2, 0.25) is 0 Å². The van der Waals surface area contributed by atoms with Gasteiger partial charge in [-0.05, 0) is 31.5 Å². The monoisotopic (exact) mass is 211 g/mol. The molecule has 0 spiro atoms. The van der Waals surface area contributed by atoms with Crippen molar-refractivity contribution < 1.29 is 13.9 Å². The van der Waals surface area contributed by atoms with Gasteiger partial charge in [-0.2, -0.15) is 0 Å². The van der Waals surface area contributed by atoms with E-state index in [0.717, 1.165) is 6.42 Å². The van der Waals surface area contributed by atoms with E-state index in [1.165, 1.54) is 0 Å². The largest absolute Gasteiger partial charge is 0.490 e. The fourth-order valence-electron chi connectivity index (χ4n) is 1.13. The second-order valence-electron chi connectivity index (χ2n) is 3.46. The normalized spacial score (nSPS) is 12.5. The molecule has 0 aliphatic rings. The summed E-state index contributed by atoms with van der Waals surface area (Å²) < 4.78 is 23.8. The minimum Gasteiger partial charge on any atom is -0.490 e. The zero-order valence-electron chi connectivity index (χ0n) is 9.34. The summed E-state index contributed by atoms with van der Waals surface area (Å²) in [6.07, 6.45) is 0.873. The standard InChI is InChI=1S/C12H16FO2/c1-9-5-4-6-11(12(9)13)15-8-7-10(2)14-3/h4,6,10H,7-8H2,1-3H3. The molecule has 0 heterocycles. The molecule has 0 aromatic heterocycles. The molecule has 1 aromatic carbocycles. The fraction of sp³-hybridized carbons (Fsp3) is 0.500. The van der Waals surface area contributed by atoms with Gasteiger partial charge in [-0.1, -0.05) is 6.07 Å². The second kappa shape index (κ2) is 5.71. The van der Waals surface area contributed by atoms with Gasteiger partial charge >= 0.3 is 0 Å². The number of hydrogen-bond acceptors (Lipinski definition) is 2. The van der Waals surface area contributed by atoms with E-state index in [9.17, 15) is 4.39 Å². The SMILES string of the molecule is COC(C)CCOc1cc[c]c(C)c1F. The van der Waals surface area contributed by atoms with Crippen LogP contribution < -0.4 is 4.74 Å². The maximum Gasteiger partial charge on any atom is 0.168 e. The molecular formula is C12H16FO2. The lowest BCUT2D eigenvalue weighted by atomic mass is 10.2. The number of rotatable bonds is 5. The summed E-state index contributed by atoms with van der Waals surface area (Å²) in [7, 11) is 1.65. The van der Waals surface area contributed by atoms with Crippen molar-refractivity contribution in [2.75, 3.05) is 13.7 Å². The Morgan fingerprint density at radius 1 is 1.53 bits per heavy atom. The number of methoxy groups -OCH3 is 1. The molecule has 1 rings (SSSR count). The average Bonchev–Trinajstić information content (AvgIpc) is 2.24. The van der Waals surface area contributed by atoms with Crippen molar-refractivity contribution in [2.24, 2.45) is 0 Å². The van der Waals surface area contributed by atoms with Crippen molar-refractivity contribution >= 4 is 0 Å². The highest BCUT2D eigenvalue weighted by atomic mass is 19.1. The third kappa shape index (κ3) is 3.51. The van der Waals surface area contributed by atoms with Crippen LogP contribution in [-0.2, 0) is 4.74 Å². The van der Waals surface area contributed by atoms with Gasteiger partial charge in [0, 0.05) is 13.5 Å². The highest BCUT2D eigenvalue weighted by Gasteiger charge is 2.06. The van der Waals surface area contributed by atoms with Crippen LogP contribution in [0.3, 0.4) is 0 Å². The van der Waals surface area contributed by atoms with Crippen molar-refractivity contribution in [1.29, 1.82) is 0 Å². The van der Waals surface area contributed by atoms with Crippen LogP contribution in [0, 0.1) is 18.8 Å². The predicted molar refractivity (Wildman–Crippen MR) is 56.6 cm³/mol. The highest BCUT2D eigenvalue weighted by molar-refractivity contribution is 5.29. The summed E-state index contributed by atoms with van der Waals surface area (Å²) in [5.74, 6) is -0.0443. The minimum absolute atomic E-state index is 0.129. The lowest BCUT2D eigenvalue weighted by molar-refractivity contribution is 0.0948. The van der Waals surface area contributed by atoms with Crippen LogP contribution in [0.1, 0.15) is 18.9 Å². The third-order valence-corrected chi connectivity index (χ3v) is 2.26. The van der Waals surface area contributed by atoms with Gasteiger partial charge < -0.3 is 9.47 Å². The Labute approximate surface area is 90.0 Å². The Morgan fingerprint density at radius 3 is 2.93 bits per heavy atom. The van der Waals surface area contributed by atoms with Gasteiger partial charge in [0.05, 0.1) is 12.7 Å². The second-order valence-corrected chi connectivity index (χ2v) is 3.46. The zero-order valence-corrected chi connectivity index (χ0v) is 9.34. The van der Waals surface area contributed by atoms with Crippen LogP contribution in [0.15, 0.2) is 12.1 Å². The maximum atomic E-state index is 13.4. The Kier molecular flexibility index (Phi) is 4.56. The third-order valence-electron chi connectivity index (χ3n) is 2.26. The summed E-state index contributed by atoms with van der Waals surface area (Å²) in [4.78, 5) is 0. The molecule has 83 valence electrons. The van der Waals surface area contributed by atoms with Crippen LogP contribution in [0.5, 0.6) is 5.75 Å². The number of halogens is 1. The number of aryl methyl sites for hydroxylation is 1. The molecule has 0 saturated carbocycles. The Bertz CT molecular complexity index is 312. The van der Waals surface area contributed by atoms with E-state index < -0.39 is 0 Å². The van der Waals surface area contributed by atoms with E-state index >= 15 is 0 Å². The van der Waals surface area contributed by atoms with Crippen LogP contribution in [0.25, 0.3) is 0 Å². The van der Waals surface area contributed by atoms with E-state index in [0.29, 0.717) is 12.2 Å². The summed E-state index contributed by atoms with van der Waals surface area (Å²) in [5, 5.41) is 0. The van der Waals surface area contributed by atoms with Gasteiger partial charge in [0.15, 0.2) is 11.6 Å². The van der Waals surface area contributed by atoms with E-state index in [-0.39, 0.29) is 17.7 Å². The van der Waals surface area contributed by atoms with E-state index in [1.54, 1.807) is 26.2 Å². The quantitative estimate of drug-likeness (QED) is 0.745. The maximum absolute atomic E-state index is 13.4. The molecule has 1 radical (unpaired) electrons. The number of ether oxygens (including phenoxy) is 2. The molecule has 3 heteroatoms. The molecule has 1 aromatic rings. The Hall–Kier alpha value is -1.09. The summed E-state index contributed by atoms with van der Waals surface area (Å²) >= 11 is 0. The molecule has 0 N–H and O–H groups in total. The van der Waals surface area contributed by atoms with Gasteiger partial charge in [0.1, 0.15) is 0 Å². The van der Waals surface area contributed by atoms with E-state index in [4.69, 9.17) is 9.47 Å². The van der Waals surface area contributed by atoms with Crippen molar-refractivity contribution in [2.45, 2.75) is 26.4 Å². The topological polar surface area (TPSA) is 18.5 Å². The lowest BCUT2D eigenvalue weighted by Gasteiger charge is -2.11. The lowest BCUT2D eigenvalue weighted by Crippen LogP contribution is -2.11. The molecule has 2 nitrogen and oxygen atoms in total. The summed E-state index contributed by atoms with van der Waals surface area (Å²) in [6, 6.07) is 6.01. The van der Waals surface area contributed by atoms with Crippen molar-refractivity contribution in [3.05, 3.63) is 29.6 Å². The first-order valence-corrected chi connectivity index (χ1v) is 4.97. The van der Waals surface area contributed by atoms with Gasteiger partial charge in [-0.3, -0.25) is 0 Å². The molecule has 15 heavy (non-hydrogen) atoms. The molecule has 0 aliphatic carbocycles. The fourth-order valence-corrected chi connectivity index (χ4v) is 1.13. The average molecular weight is 211 g/mol.